The summed E-state index contributed by atoms with van der Waals surface area (Å²) in [5, 5.41) is 3.38. The summed E-state index contributed by atoms with van der Waals surface area (Å²) in [5.41, 5.74) is 3.87. The fourth-order valence-electron chi connectivity index (χ4n) is 2.32. The van der Waals surface area contributed by atoms with E-state index in [1.165, 1.54) is 17.5 Å². The van der Waals surface area contributed by atoms with Gasteiger partial charge in [-0.3, -0.25) is 4.98 Å². The first-order valence-corrected chi connectivity index (χ1v) is 6.99. The maximum atomic E-state index is 4.40. The molecule has 1 unspecified atom stereocenters. The highest BCUT2D eigenvalue weighted by Crippen LogP contribution is 2.18. The summed E-state index contributed by atoms with van der Waals surface area (Å²) in [7, 11) is 2.01. The Morgan fingerprint density at radius 3 is 2.47 bits per heavy atom. The fourth-order valence-corrected chi connectivity index (χ4v) is 2.32. The summed E-state index contributed by atoms with van der Waals surface area (Å²) >= 11 is 0. The van der Waals surface area contributed by atoms with Gasteiger partial charge in [0.25, 0.3) is 0 Å². The van der Waals surface area contributed by atoms with E-state index in [1.807, 2.05) is 25.4 Å². The normalized spacial score (nSPS) is 12.3. The average Bonchev–Trinajstić information content (AvgIpc) is 2.47. The quantitative estimate of drug-likeness (QED) is 0.853. The first kappa shape index (κ1) is 13.8. The largest absolute Gasteiger partial charge is 0.313 e. The highest BCUT2D eigenvalue weighted by Gasteiger charge is 2.10. The zero-order chi connectivity index (χ0) is 13.5. The molecule has 2 aromatic rings. The van der Waals surface area contributed by atoms with Crippen molar-refractivity contribution in [2.24, 2.45) is 0 Å². The lowest BCUT2D eigenvalue weighted by molar-refractivity contribution is 0.584. The summed E-state index contributed by atoms with van der Waals surface area (Å²) in [5.74, 6) is 0. The zero-order valence-electron chi connectivity index (χ0n) is 11.8. The SMILES string of the molecule is CCCc1ccc(C(Cc2ccccn2)NC)cc1. The average molecular weight is 254 g/mol. The molecule has 0 amide bonds. The molecule has 0 saturated carbocycles. The molecule has 2 heteroatoms. The van der Waals surface area contributed by atoms with Crippen molar-refractivity contribution in [3.63, 3.8) is 0 Å². The first-order valence-electron chi connectivity index (χ1n) is 6.99. The van der Waals surface area contributed by atoms with E-state index in [9.17, 15) is 0 Å². The number of hydrogen-bond donors (Lipinski definition) is 1. The second-order valence-electron chi connectivity index (χ2n) is 4.86. The van der Waals surface area contributed by atoms with Gasteiger partial charge in [-0.25, -0.2) is 0 Å². The molecule has 100 valence electrons. The highest BCUT2D eigenvalue weighted by atomic mass is 14.9. The Hall–Kier alpha value is -1.67. The molecular formula is C17H22N2. The third-order valence-corrected chi connectivity index (χ3v) is 3.41. The Balaban J connectivity index is 2.08. The number of aryl methyl sites for hydroxylation is 1. The van der Waals surface area contributed by atoms with Crippen molar-refractivity contribution in [1.82, 2.24) is 10.3 Å². The van der Waals surface area contributed by atoms with Crippen LogP contribution < -0.4 is 5.32 Å². The van der Waals surface area contributed by atoms with E-state index in [2.05, 4.69) is 47.6 Å². The van der Waals surface area contributed by atoms with Gasteiger partial charge < -0.3 is 5.32 Å². The predicted octanol–water partition coefficient (Wildman–Crippen LogP) is 3.54. The van der Waals surface area contributed by atoms with E-state index < -0.39 is 0 Å². The van der Waals surface area contributed by atoms with Crippen LogP contribution in [0.1, 0.15) is 36.2 Å². The maximum Gasteiger partial charge on any atom is 0.0422 e. The van der Waals surface area contributed by atoms with Gasteiger partial charge in [0.05, 0.1) is 0 Å². The van der Waals surface area contributed by atoms with Crippen molar-refractivity contribution in [3.8, 4) is 0 Å². The summed E-state index contributed by atoms with van der Waals surface area (Å²) in [6, 6.07) is 15.3. The van der Waals surface area contributed by atoms with Gasteiger partial charge >= 0.3 is 0 Å². The molecule has 0 aliphatic heterocycles. The van der Waals surface area contributed by atoms with E-state index in [-0.39, 0.29) is 0 Å². The topological polar surface area (TPSA) is 24.9 Å². The van der Waals surface area contributed by atoms with Crippen molar-refractivity contribution < 1.29 is 0 Å². The van der Waals surface area contributed by atoms with Crippen molar-refractivity contribution in [2.75, 3.05) is 7.05 Å². The van der Waals surface area contributed by atoms with Crippen LogP contribution in [-0.2, 0) is 12.8 Å². The third-order valence-electron chi connectivity index (χ3n) is 3.41. The molecule has 2 rings (SSSR count). The Bertz CT molecular complexity index is 476. The van der Waals surface area contributed by atoms with Crippen LogP contribution in [0.25, 0.3) is 0 Å². The molecule has 19 heavy (non-hydrogen) atoms. The van der Waals surface area contributed by atoms with Crippen LogP contribution in [-0.4, -0.2) is 12.0 Å². The van der Waals surface area contributed by atoms with Gasteiger partial charge in [-0.15, -0.1) is 0 Å². The number of aromatic nitrogens is 1. The summed E-state index contributed by atoms with van der Waals surface area (Å²) in [4.78, 5) is 4.40. The molecule has 1 N–H and O–H groups in total. The van der Waals surface area contributed by atoms with E-state index in [4.69, 9.17) is 0 Å². The maximum absolute atomic E-state index is 4.40. The lowest BCUT2D eigenvalue weighted by atomic mass is 9.99. The van der Waals surface area contributed by atoms with Gasteiger partial charge in [0.1, 0.15) is 0 Å². The summed E-state index contributed by atoms with van der Waals surface area (Å²) in [6.07, 6.45) is 5.13. The molecule has 1 aromatic heterocycles. The number of rotatable bonds is 6. The smallest absolute Gasteiger partial charge is 0.0422 e. The molecule has 0 aliphatic rings. The molecule has 2 nitrogen and oxygen atoms in total. The standard InChI is InChI=1S/C17H22N2/c1-3-6-14-8-10-15(11-9-14)17(18-2)13-16-7-4-5-12-19-16/h4-5,7-12,17-18H,3,6,13H2,1-2H3. The van der Waals surface area contributed by atoms with Crippen LogP contribution in [0.2, 0.25) is 0 Å². The minimum atomic E-state index is 0.325. The lowest BCUT2D eigenvalue weighted by Gasteiger charge is -2.16. The number of hydrogen-bond acceptors (Lipinski definition) is 2. The molecule has 1 atom stereocenters. The zero-order valence-corrected chi connectivity index (χ0v) is 11.8. The number of benzene rings is 1. The summed E-state index contributed by atoms with van der Waals surface area (Å²) in [6.45, 7) is 2.21. The summed E-state index contributed by atoms with van der Waals surface area (Å²) < 4.78 is 0. The Morgan fingerprint density at radius 2 is 1.89 bits per heavy atom. The van der Waals surface area contributed by atoms with E-state index >= 15 is 0 Å². The third kappa shape index (κ3) is 3.90. The number of pyridine rings is 1. The van der Waals surface area contributed by atoms with Crippen LogP contribution in [0.15, 0.2) is 48.7 Å². The number of nitrogens with zero attached hydrogens (tertiary/aromatic N) is 1. The minimum Gasteiger partial charge on any atom is -0.313 e. The van der Waals surface area contributed by atoms with Crippen LogP contribution >= 0.6 is 0 Å². The number of likely N-dealkylation sites (N-methyl/N-ethyl adjacent to an activating group) is 1. The highest BCUT2D eigenvalue weighted by molar-refractivity contribution is 5.26. The molecule has 0 aliphatic carbocycles. The van der Waals surface area contributed by atoms with Gasteiger partial charge in [-0.05, 0) is 36.7 Å². The van der Waals surface area contributed by atoms with Gasteiger partial charge in [-0.1, -0.05) is 43.7 Å². The second-order valence-corrected chi connectivity index (χ2v) is 4.86. The Kier molecular flexibility index (Phi) is 5.10. The molecule has 0 spiro atoms. The van der Waals surface area contributed by atoms with Gasteiger partial charge in [0, 0.05) is 24.4 Å². The predicted molar refractivity (Wildman–Crippen MR) is 80.2 cm³/mol. The van der Waals surface area contributed by atoms with Crippen molar-refractivity contribution in [1.29, 1.82) is 0 Å². The minimum absolute atomic E-state index is 0.325. The number of nitrogens with one attached hydrogen (secondary N) is 1. The van der Waals surface area contributed by atoms with Crippen LogP contribution in [0.5, 0.6) is 0 Å². The molecule has 0 fully saturated rings. The molecule has 1 heterocycles. The van der Waals surface area contributed by atoms with Crippen LogP contribution in [0, 0.1) is 0 Å². The molecule has 0 radical (unpaired) electrons. The van der Waals surface area contributed by atoms with E-state index in [0.717, 1.165) is 18.5 Å². The van der Waals surface area contributed by atoms with Crippen LogP contribution in [0.4, 0.5) is 0 Å². The Labute approximate surface area is 115 Å². The first-order chi connectivity index (χ1) is 9.33. The lowest BCUT2D eigenvalue weighted by Crippen LogP contribution is -2.19. The van der Waals surface area contributed by atoms with Gasteiger partial charge in [0.2, 0.25) is 0 Å². The van der Waals surface area contributed by atoms with E-state index in [0.29, 0.717) is 6.04 Å². The van der Waals surface area contributed by atoms with E-state index in [1.54, 1.807) is 0 Å². The second kappa shape index (κ2) is 7.05. The van der Waals surface area contributed by atoms with Crippen molar-refractivity contribution in [3.05, 3.63) is 65.5 Å². The molecular weight excluding hydrogens is 232 g/mol. The fraction of sp³-hybridized carbons (Fsp3) is 0.353. The van der Waals surface area contributed by atoms with Gasteiger partial charge in [-0.2, -0.15) is 0 Å². The monoisotopic (exact) mass is 254 g/mol. The Morgan fingerprint density at radius 1 is 1.11 bits per heavy atom. The molecule has 0 bridgehead atoms. The molecule has 0 saturated heterocycles. The van der Waals surface area contributed by atoms with Gasteiger partial charge in [0.15, 0.2) is 0 Å². The molecule has 1 aromatic carbocycles. The van der Waals surface area contributed by atoms with Crippen LogP contribution in [0.3, 0.4) is 0 Å². The van der Waals surface area contributed by atoms with Crippen molar-refractivity contribution in [2.45, 2.75) is 32.2 Å². The van der Waals surface area contributed by atoms with Crippen molar-refractivity contribution >= 4 is 0 Å².